The highest BCUT2D eigenvalue weighted by Gasteiger charge is 2.15. The first-order chi connectivity index (χ1) is 11.3. The maximum Gasteiger partial charge on any atom is 0.362 e. The molecule has 7 heteroatoms. The van der Waals surface area contributed by atoms with Gasteiger partial charge in [-0.3, -0.25) is 4.79 Å². The molecule has 0 aliphatic heterocycles. The first-order valence-corrected chi connectivity index (χ1v) is 6.73. The van der Waals surface area contributed by atoms with Gasteiger partial charge in [-0.25, -0.2) is 14.5 Å². The third kappa shape index (κ3) is 2.06. The molecule has 0 unspecified atom stereocenters. The molecule has 4 rings (SSSR count). The number of carbonyl (C=O) groups excluding carboxylic acids is 1. The van der Waals surface area contributed by atoms with Crippen LogP contribution in [0, 0.1) is 0 Å². The fourth-order valence-corrected chi connectivity index (χ4v) is 2.54. The predicted octanol–water partition coefficient (Wildman–Crippen LogP) is 2.06. The third-order valence-corrected chi connectivity index (χ3v) is 3.53. The first-order valence-electron chi connectivity index (χ1n) is 6.73. The Morgan fingerprint density at radius 1 is 1.17 bits per heavy atom. The highest BCUT2D eigenvalue weighted by molar-refractivity contribution is 6.04. The molecule has 0 bridgehead atoms. The summed E-state index contributed by atoms with van der Waals surface area (Å²) in [5.41, 5.74) is -0.0502. The molecule has 0 amide bonds. The zero-order chi connectivity index (χ0) is 15.8. The summed E-state index contributed by atoms with van der Waals surface area (Å²) < 4.78 is 11.8. The minimum atomic E-state index is -0.560. The van der Waals surface area contributed by atoms with Gasteiger partial charge in [0.15, 0.2) is 5.69 Å². The van der Waals surface area contributed by atoms with Gasteiger partial charge < -0.3 is 9.15 Å². The Kier molecular flexibility index (Phi) is 2.90. The molecular formula is C16H9N3O4. The second-order valence-corrected chi connectivity index (χ2v) is 4.81. The van der Waals surface area contributed by atoms with E-state index in [4.69, 9.17) is 9.15 Å². The van der Waals surface area contributed by atoms with Crippen molar-refractivity contribution in [3.63, 3.8) is 0 Å². The average Bonchev–Trinajstić information content (AvgIpc) is 3.08. The van der Waals surface area contributed by atoms with Gasteiger partial charge in [-0.2, -0.15) is 5.10 Å². The molecule has 7 nitrogen and oxygen atoms in total. The second kappa shape index (κ2) is 5.06. The first kappa shape index (κ1) is 13.2. The maximum atomic E-state index is 12.2. The summed E-state index contributed by atoms with van der Waals surface area (Å²) in [7, 11) is 0. The molecule has 0 fully saturated rings. The van der Waals surface area contributed by atoms with E-state index in [-0.39, 0.29) is 5.69 Å². The van der Waals surface area contributed by atoms with Gasteiger partial charge in [0.25, 0.3) is 6.47 Å². The molecule has 2 heterocycles. The third-order valence-electron chi connectivity index (χ3n) is 3.53. The average molecular weight is 307 g/mol. The van der Waals surface area contributed by atoms with Crippen molar-refractivity contribution in [3.05, 3.63) is 59.5 Å². The minimum Gasteiger partial charge on any atom is -0.427 e. The number of aromatic nitrogens is 3. The number of nitrogens with zero attached hydrogens (tertiary/aromatic N) is 3. The molecule has 0 aliphatic carbocycles. The molecule has 112 valence electrons. The number of hydrogen-bond donors (Lipinski definition) is 0. The van der Waals surface area contributed by atoms with Crippen LogP contribution in [-0.2, 0) is 4.79 Å². The molecule has 2 aromatic carbocycles. The largest absolute Gasteiger partial charge is 0.427 e. The quantitative estimate of drug-likeness (QED) is 0.327. The van der Waals surface area contributed by atoms with Crippen LogP contribution in [0.15, 0.2) is 58.3 Å². The van der Waals surface area contributed by atoms with Gasteiger partial charge in [0.2, 0.25) is 0 Å². The van der Waals surface area contributed by atoms with E-state index in [2.05, 4.69) is 10.1 Å². The number of carbonyl (C=O) groups is 1. The molecule has 0 spiro atoms. The van der Waals surface area contributed by atoms with Crippen molar-refractivity contribution >= 4 is 28.2 Å². The summed E-state index contributed by atoms with van der Waals surface area (Å²) in [6.45, 7) is 0.349. The normalized spacial score (nSPS) is 11.0. The van der Waals surface area contributed by atoms with Gasteiger partial charge in [0, 0.05) is 5.39 Å². The lowest BCUT2D eigenvalue weighted by atomic mass is 10.1. The Balaban J connectivity index is 2.14. The van der Waals surface area contributed by atoms with Crippen LogP contribution in [0.2, 0.25) is 0 Å². The van der Waals surface area contributed by atoms with Crippen LogP contribution < -0.4 is 10.4 Å². The van der Waals surface area contributed by atoms with Crippen molar-refractivity contribution in [1.29, 1.82) is 0 Å². The van der Waals surface area contributed by atoms with Crippen molar-refractivity contribution in [3.8, 4) is 11.4 Å². The summed E-state index contributed by atoms with van der Waals surface area (Å²) in [6, 6.07) is 10.7. The zero-order valence-electron chi connectivity index (χ0n) is 11.7. The Morgan fingerprint density at radius 2 is 2.04 bits per heavy atom. The molecule has 0 aliphatic rings. The second-order valence-electron chi connectivity index (χ2n) is 4.81. The lowest BCUT2D eigenvalue weighted by molar-refractivity contribution is -0.120. The molecule has 0 radical (unpaired) electrons. The van der Waals surface area contributed by atoms with Crippen LogP contribution in [0.1, 0.15) is 0 Å². The summed E-state index contributed by atoms with van der Waals surface area (Å²) in [5, 5.41) is 5.97. The summed E-state index contributed by atoms with van der Waals surface area (Å²) >= 11 is 0. The van der Waals surface area contributed by atoms with Crippen LogP contribution >= 0.6 is 0 Å². The van der Waals surface area contributed by atoms with Crippen LogP contribution in [0.4, 0.5) is 0 Å². The Bertz CT molecular complexity index is 1080. The van der Waals surface area contributed by atoms with Gasteiger partial charge in [0.1, 0.15) is 24.0 Å². The van der Waals surface area contributed by atoms with Gasteiger partial charge in [-0.15, -0.1) is 0 Å². The Hall–Kier alpha value is -3.48. The Morgan fingerprint density at radius 3 is 2.83 bits per heavy atom. The number of rotatable bonds is 3. The molecule has 0 saturated heterocycles. The lowest BCUT2D eigenvalue weighted by Crippen LogP contribution is -2.10. The van der Waals surface area contributed by atoms with Gasteiger partial charge >= 0.3 is 5.63 Å². The molecule has 23 heavy (non-hydrogen) atoms. The minimum absolute atomic E-state index is 0.182. The van der Waals surface area contributed by atoms with Gasteiger partial charge in [0.05, 0.1) is 5.39 Å². The summed E-state index contributed by atoms with van der Waals surface area (Å²) in [5.74, 6) is 0.332. The number of fused-ring (bicyclic) bond motifs is 2. The van der Waals surface area contributed by atoms with Crippen LogP contribution in [0.25, 0.3) is 27.4 Å². The molecular weight excluding hydrogens is 298 g/mol. The van der Waals surface area contributed by atoms with Crippen molar-refractivity contribution in [1.82, 2.24) is 14.8 Å². The van der Waals surface area contributed by atoms with E-state index in [1.165, 1.54) is 17.3 Å². The number of hydrogen-bond acceptors (Lipinski definition) is 6. The fourth-order valence-electron chi connectivity index (χ4n) is 2.54. The lowest BCUT2D eigenvalue weighted by Gasteiger charge is -2.09. The van der Waals surface area contributed by atoms with E-state index >= 15 is 0 Å². The van der Waals surface area contributed by atoms with E-state index in [0.29, 0.717) is 23.2 Å². The molecule has 0 saturated carbocycles. The van der Waals surface area contributed by atoms with Crippen LogP contribution in [0.5, 0.6) is 5.75 Å². The Labute approximate surface area is 128 Å². The van der Waals surface area contributed by atoms with Gasteiger partial charge in [-0.1, -0.05) is 24.3 Å². The van der Waals surface area contributed by atoms with Crippen molar-refractivity contribution in [2.24, 2.45) is 0 Å². The number of ether oxygens (including phenoxy) is 1. The fraction of sp³-hybridized carbons (Fsp3) is 0. The molecule has 0 atom stereocenters. The highest BCUT2D eigenvalue weighted by atomic mass is 16.5. The topological polar surface area (TPSA) is 87.2 Å². The zero-order valence-corrected chi connectivity index (χ0v) is 11.7. The van der Waals surface area contributed by atoms with Crippen LogP contribution in [-0.4, -0.2) is 21.2 Å². The smallest absolute Gasteiger partial charge is 0.362 e. The van der Waals surface area contributed by atoms with Crippen molar-refractivity contribution in [2.45, 2.75) is 0 Å². The van der Waals surface area contributed by atoms with E-state index < -0.39 is 5.63 Å². The standard InChI is InChI=1S/C16H9N3O4/c20-9-22-15-11-4-2-1-3-10(11)5-14-12(15)6-13(16(21)23-14)19-8-17-7-18-19/h1-9H. The number of benzene rings is 2. The predicted molar refractivity (Wildman–Crippen MR) is 81.6 cm³/mol. The van der Waals surface area contributed by atoms with E-state index in [9.17, 15) is 9.59 Å². The highest BCUT2D eigenvalue weighted by Crippen LogP contribution is 2.34. The van der Waals surface area contributed by atoms with Crippen LogP contribution in [0.3, 0.4) is 0 Å². The molecule has 4 aromatic rings. The van der Waals surface area contributed by atoms with Crippen molar-refractivity contribution < 1.29 is 13.9 Å². The monoisotopic (exact) mass is 307 g/mol. The summed E-state index contributed by atoms with van der Waals surface area (Å²) in [6.07, 6.45) is 2.70. The molecule has 0 N–H and O–H groups in total. The summed E-state index contributed by atoms with van der Waals surface area (Å²) in [4.78, 5) is 26.9. The maximum absolute atomic E-state index is 12.2. The molecule has 2 aromatic heterocycles. The SMILES string of the molecule is O=COc1c2ccccc2cc2oc(=O)c(-n3cncn3)cc12. The van der Waals surface area contributed by atoms with E-state index in [1.54, 1.807) is 12.1 Å². The van der Waals surface area contributed by atoms with Crippen molar-refractivity contribution in [2.75, 3.05) is 0 Å². The van der Waals surface area contributed by atoms with Gasteiger partial charge in [-0.05, 0) is 17.5 Å². The van der Waals surface area contributed by atoms with E-state index in [1.807, 2.05) is 24.3 Å². The van der Waals surface area contributed by atoms with E-state index in [0.717, 1.165) is 10.8 Å².